The highest BCUT2D eigenvalue weighted by atomic mass is 35.5. The summed E-state index contributed by atoms with van der Waals surface area (Å²) in [7, 11) is 4.14. The average Bonchev–Trinajstić information content (AvgIpc) is 2.85. The van der Waals surface area contributed by atoms with E-state index in [1.807, 2.05) is 35.1 Å². The van der Waals surface area contributed by atoms with Gasteiger partial charge in [-0.15, -0.1) is 5.10 Å². The Kier molecular flexibility index (Phi) is 4.33. The van der Waals surface area contributed by atoms with E-state index in [2.05, 4.69) is 29.3 Å². The smallest absolute Gasteiger partial charge is 0.0798 e. The van der Waals surface area contributed by atoms with Gasteiger partial charge in [0.2, 0.25) is 0 Å². The van der Waals surface area contributed by atoms with Gasteiger partial charge in [0, 0.05) is 11.2 Å². The van der Waals surface area contributed by atoms with Gasteiger partial charge in [0.15, 0.2) is 0 Å². The van der Waals surface area contributed by atoms with Crippen LogP contribution >= 0.6 is 11.6 Å². The Morgan fingerprint density at radius 2 is 2.00 bits per heavy atom. The van der Waals surface area contributed by atoms with Gasteiger partial charge in [0.05, 0.1) is 12.2 Å². The minimum atomic E-state index is 0.201. The Morgan fingerprint density at radius 1 is 1.28 bits per heavy atom. The first kappa shape index (κ1) is 13.1. The molecule has 1 aromatic heterocycles. The number of hydrogen-bond acceptors (Lipinski definition) is 3. The highest BCUT2D eigenvalue weighted by Crippen LogP contribution is 2.22. The molecule has 18 heavy (non-hydrogen) atoms. The molecule has 0 aliphatic rings. The van der Waals surface area contributed by atoms with Crippen LogP contribution in [0.3, 0.4) is 0 Å². The molecule has 1 heterocycles. The second kappa shape index (κ2) is 5.98. The Hall–Kier alpha value is -1.39. The van der Waals surface area contributed by atoms with Crippen molar-refractivity contribution in [1.29, 1.82) is 0 Å². The Labute approximate surface area is 112 Å². The average molecular weight is 265 g/mol. The molecule has 0 radical (unpaired) electrons. The standard InChI is InChI=1S/C13H17ClN4/c1-17(2)9-7-13(18-10-8-15-16-18)11-3-5-12(14)6-4-11/h3-6,8,10,13H,7,9H2,1-2H3. The minimum Gasteiger partial charge on any atom is -0.309 e. The van der Waals surface area contributed by atoms with Crippen molar-refractivity contribution in [3.05, 3.63) is 47.2 Å². The van der Waals surface area contributed by atoms with Crippen molar-refractivity contribution in [3.63, 3.8) is 0 Å². The van der Waals surface area contributed by atoms with E-state index in [1.165, 1.54) is 5.56 Å². The van der Waals surface area contributed by atoms with Crippen LogP contribution in [-0.4, -0.2) is 40.5 Å². The van der Waals surface area contributed by atoms with Crippen LogP contribution in [0, 0.1) is 0 Å². The summed E-state index contributed by atoms with van der Waals surface area (Å²) in [5.41, 5.74) is 1.20. The van der Waals surface area contributed by atoms with Gasteiger partial charge in [-0.25, -0.2) is 4.68 Å². The van der Waals surface area contributed by atoms with Crippen molar-refractivity contribution >= 4 is 11.6 Å². The lowest BCUT2D eigenvalue weighted by atomic mass is 10.0. The monoisotopic (exact) mass is 264 g/mol. The highest BCUT2D eigenvalue weighted by Gasteiger charge is 2.14. The van der Waals surface area contributed by atoms with Gasteiger partial charge >= 0.3 is 0 Å². The fourth-order valence-corrected chi connectivity index (χ4v) is 2.03. The molecule has 0 saturated carbocycles. The van der Waals surface area contributed by atoms with Gasteiger partial charge in [-0.2, -0.15) is 0 Å². The van der Waals surface area contributed by atoms with Crippen molar-refractivity contribution in [2.75, 3.05) is 20.6 Å². The zero-order valence-corrected chi connectivity index (χ0v) is 11.4. The molecule has 0 fully saturated rings. The van der Waals surface area contributed by atoms with Gasteiger partial charge in [-0.3, -0.25) is 0 Å². The molecule has 0 saturated heterocycles. The summed E-state index contributed by atoms with van der Waals surface area (Å²) in [5, 5.41) is 8.75. The molecule has 0 spiro atoms. The Bertz CT molecular complexity index is 464. The number of halogens is 1. The maximum Gasteiger partial charge on any atom is 0.0798 e. The number of benzene rings is 1. The third kappa shape index (κ3) is 3.31. The SMILES string of the molecule is CN(C)CCC(c1ccc(Cl)cc1)n1ccnn1. The first-order valence-electron chi connectivity index (χ1n) is 5.93. The molecule has 4 nitrogen and oxygen atoms in total. The van der Waals surface area contributed by atoms with Gasteiger partial charge < -0.3 is 4.90 Å². The first-order valence-corrected chi connectivity index (χ1v) is 6.30. The first-order chi connectivity index (χ1) is 8.66. The van der Waals surface area contributed by atoms with Gasteiger partial charge in [0.25, 0.3) is 0 Å². The summed E-state index contributed by atoms with van der Waals surface area (Å²) >= 11 is 5.93. The summed E-state index contributed by atoms with van der Waals surface area (Å²) in [6, 6.07) is 8.12. The van der Waals surface area contributed by atoms with Gasteiger partial charge in [-0.05, 0) is 44.8 Å². The molecule has 0 amide bonds. The lowest BCUT2D eigenvalue weighted by Gasteiger charge is -2.19. The lowest BCUT2D eigenvalue weighted by molar-refractivity contribution is 0.354. The largest absolute Gasteiger partial charge is 0.309 e. The molecule has 5 heteroatoms. The van der Waals surface area contributed by atoms with Crippen LogP contribution in [0.1, 0.15) is 18.0 Å². The van der Waals surface area contributed by atoms with Crippen LogP contribution in [0.25, 0.3) is 0 Å². The second-order valence-corrected chi connectivity index (χ2v) is 4.98. The fourth-order valence-electron chi connectivity index (χ4n) is 1.90. The predicted octanol–water partition coefficient (Wildman–Crippen LogP) is 2.47. The van der Waals surface area contributed by atoms with Crippen LogP contribution in [0.4, 0.5) is 0 Å². The van der Waals surface area contributed by atoms with Crippen LogP contribution in [0.15, 0.2) is 36.7 Å². The molecule has 1 aromatic carbocycles. The van der Waals surface area contributed by atoms with Crippen LogP contribution in [0.5, 0.6) is 0 Å². The molecule has 0 bridgehead atoms. The molecule has 0 N–H and O–H groups in total. The second-order valence-electron chi connectivity index (χ2n) is 4.54. The maximum absolute atomic E-state index is 5.93. The topological polar surface area (TPSA) is 34.0 Å². The van der Waals surface area contributed by atoms with E-state index in [-0.39, 0.29) is 6.04 Å². The van der Waals surface area contributed by atoms with Crippen molar-refractivity contribution < 1.29 is 0 Å². The van der Waals surface area contributed by atoms with E-state index in [0.29, 0.717) is 0 Å². The molecule has 1 atom stereocenters. The number of aromatic nitrogens is 3. The maximum atomic E-state index is 5.93. The Balaban J connectivity index is 2.21. The minimum absolute atomic E-state index is 0.201. The van der Waals surface area contributed by atoms with Crippen LogP contribution < -0.4 is 0 Å². The van der Waals surface area contributed by atoms with Crippen molar-refractivity contribution in [2.24, 2.45) is 0 Å². The molecular weight excluding hydrogens is 248 g/mol. The van der Waals surface area contributed by atoms with E-state index in [0.717, 1.165) is 18.0 Å². The summed E-state index contributed by atoms with van der Waals surface area (Å²) in [5.74, 6) is 0. The van der Waals surface area contributed by atoms with Crippen LogP contribution in [-0.2, 0) is 0 Å². The normalized spacial score (nSPS) is 12.9. The number of hydrogen-bond donors (Lipinski definition) is 0. The van der Waals surface area contributed by atoms with Gasteiger partial charge in [-0.1, -0.05) is 28.9 Å². The lowest BCUT2D eigenvalue weighted by Crippen LogP contribution is -2.20. The Morgan fingerprint density at radius 3 is 2.56 bits per heavy atom. The summed E-state index contributed by atoms with van der Waals surface area (Å²) in [6.07, 6.45) is 4.59. The van der Waals surface area contributed by atoms with E-state index < -0.39 is 0 Å². The van der Waals surface area contributed by atoms with Crippen molar-refractivity contribution in [1.82, 2.24) is 19.9 Å². The quantitative estimate of drug-likeness (QED) is 0.832. The summed E-state index contributed by atoms with van der Waals surface area (Å²) < 4.78 is 1.90. The van der Waals surface area contributed by atoms with E-state index in [4.69, 9.17) is 11.6 Å². The molecule has 96 valence electrons. The zero-order chi connectivity index (χ0) is 13.0. The highest BCUT2D eigenvalue weighted by molar-refractivity contribution is 6.30. The molecule has 1 unspecified atom stereocenters. The van der Waals surface area contributed by atoms with Gasteiger partial charge in [0.1, 0.15) is 0 Å². The third-order valence-corrected chi connectivity index (χ3v) is 3.12. The number of rotatable bonds is 5. The van der Waals surface area contributed by atoms with Crippen LogP contribution in [0.2, 0.25) is 5.02 Å². The molecule has 0 aliphatic carbocycles. The molecular formula is C13H17ClN4. The molecule has 2 rings (SSSR count). The summed E-state index contributed by atoms with van der Waals surface area (Å²) in [6.45, 7) is 0.993. The molecule has 0 aliphatic heterocycles. The summed E-state index contributed by atoms with van der Waals surface area (Å²) in [4.78, 5) is 2.17. The fraction of sp³-hybridized carbons (Fsp3) is 0.385. The third-order valence-electron chi connectivity index (χ3n) is 2.86. The van der Waals surface area contributed by atoms with E-state index in [1.54, 1.807) is 6.20 Å². The van der Waals surface area contributed by atoms with E-state index in [9.17, 15) is 0 Å². The predicted molar refractivity (Wildman–Crippen MR) is 72.8 cm³/mol. The molecule has 2 aromatic rings. The van der Waals surface area contributed by atoms with E-state index >= 15 is 0 Å². The van der Waals surface area contributed by atoms with Crippen molar-refractivity contribution in [3.8, 4) is 0 Å². The number of nitrogens with zero attached hydrogens (tertiary/aromatic N) is 4. The zero-order valence-electron chi connectivity index (χ0n) is 10.6. The van der Waals surface area contributed by atoms with Crippen molar-refractivity contribution in [2.45, 2.75) is 12.5 Å².